The summed E-state index contributed by atoms with van der Waals surface area (Å²) < 4.78 is 29.6. The highest BCUT2D eigenvalue weighted by Crippen LogP contribution is 2.39. The van der Waals surface area contributed by atoms with Gasteiger partial charge in [0.05, 0.1) is 48.9 Å². The third-order valence-corrected chi connectivity index (χ3v) is 13.4. The minimum atomic E-state index is -1.99. The van der Waals surface area contributed by atoms with Crippen LogP contribution in [-0.2, 0) is 13.9 Å². The third kappa shape index (κ3) is 8.25. The number of carbonyl (C=O) groups excluding carboxylic acids is 2. The monoisotopic (exact) mass is 655 g/mol. The molecule has 0 amide bonds. The van der Waals surface area contributed by atoms with Crippen LogP contribution in [0.25, 0.3) is 0 Å². The van der Waals surface area contributed by atoms with Crippen molar-refractivity contribution in [2.45, 2.75) is 57.5 Å². The molecule has 12 nitrogen and oxygen atoms in total. The number of nitrogen functional groups attached to an aromatic ring is 2. The Morgan fingerprint density at radius 2 is 1.35 bits per heavy atom. The second-order valence-electron chi connectivity index (χ2n) is 13.2. The Balaban J connectivity index is 1.69. The third-order valence-electron chi connectivity index (χ3n) is 8.89. The largest absolute Gasteiger partial charge is 0.490 e. The molecule has 0 unspecified atom stereocenters. The smallest absolute Gasteiger partial charge is 0.338 e. The molecule has 0 aliphatic carbocycles. The molecule has 0 spiro atoms. The van der Waals surface area contributed by atoms with Crippen molar-refractivity contribution < 1.29 is 33.0 Å². The molecule has 2 aromatic carbocycles. The number of esters is 2. The zero-order valence-corrected chi connectivity index (χ0v) is 29.0. The Morgan fingerprint density at radius 1 is 0.870 bits per heavy atom. The first-order chi connectivity index (χ1) is 21.7. The zero-order chi connectivity index (χ0) is 33.6. The summed E-state index contributed by atoms with van der Waals surface area (Å²) in [6, 6.07) is 6.18. The van der Waals surface area contributed by atoms with Crippen molar-refractivity contribution in [1.82, 2.24) is 4.90 Å². The highest BCUT2D eigenvalue weighted by molar-refractivity contribution is 6.74. The van der Waals surface area contributed by atoms with Gasteiger partial charge >= 0.3 is 11.9 Å². The van der Waals surface area contributed by atoms with Crippen LogP contribution in [0.4, 0.5) is 22.7 Å². The lowest BCUT2D eigenvalue weighted by Gasteiger charge is -2.38. The number of nitrogens with two attached hydrogens (primary N) is 2. The predicted octanol–water partition coefficient (Wildman–Crippen LogP) is 4.74. The van der Waals surface area contributed by atoms with Crippen LogP contribution >= 0.6 is 0 Å². The summed E-state index contributed by atoms with van der Waals surface area (Å²) in [5.41, 5.74) is 15.3. The Bertz CT molecular complexity index is 1360. The van der Waals surface area contributed by atoms with Gasteiger partial charge in [-0.3, -0.25) is 4.90 Å². The maximum atomic E-state index is 12.4. The highest BCUT2D eigenvalue weighted by atomic mass is 28.4. The molecular weight excluding hydrogens is 606 g/mol. The Morgan fingerprint density at radius 3 is 1.78 bits per heavy atom. The van der Waals surface area contributed by atoms with E-state index in [2.05, 4.69) is 49.4 Å². The molecule has 2 aromatic rings. The van der Waals surface area contributed by atoms with Crippen LogP contribution in [0.5, 0.6) is 11.5 Å². The summed E-state index contributed by atoms with van der Waals surface area (Å²) in [7, 11) is 0.663. The highest BCUT2D eigenvalue weighted by Gasteiger charge is 2.41. The van der Waals surface area contributed by atoms with Gasteiger partial charge in [-0.05, 0) is 48.8 Å². The summed E-state index contributed by atoms with van der Waals surface area (Å²) in [5.74, 6) is -0.170. The van der Waals surface area contributed by atoms with Crippen molar-refractivity contribution in [1.29, 1.82) is 0 Å². The van der Waals surface area contributed by atoms with Gasteiger partial charge in [-0.2, -0.15) is 0 Å². The van der Waals surface area contributed by atoms with Gasteiger partial charge in [0.15, 0.2) is 8.32 Å². The van der Waals surface area contributed by atoms with Gasteiger partial charge in [0, 0.05) is 26.2 Å². The van der Waals surface area contributed by atoms with E-state index in [1.807, 2.05) is 12.2 Å². The molecule has 1 fully saturated rings. The average molecular weight is 656 g/mol. The first kappa shape index (κ1) is 34.9. The fraction of sp³-hybridized carbons (Fsp3) is 0.515. The van der Waals surface area contributed by atoms with E-state index >= 15 is 0 Å². The van der Waals surface area contributed by atoms with E-state index in [-0.39, 0.29) is 41.5 Å². The fourth-order valence-electron chi connectivity index (χ4n) is 5.25. The maximum Gasteiger partial charge on any atom is 0.338 e. The first-order valence-corrected chi connectivity index (χ1v) is 18.5. The van der Waals surface area contributed by atoms with Gasteiger partial charge in [-0.25, -0.2) is 9.59 Å². The normalized spacial score (nSPS) is 19.1. The minimum Gasteiger partial charge on any atom is -0.490 e. The van der Waals surface area contributed by atoms with Crippen molar-refractivity contribution in [3.05, 3.63) is 47.5 Å². The zero-order valence-electron chi connectivity index (χ0n) is 28.0. The summed E-state index contributed by atoms with van der Waals surface area (Å²) >= 11 is 0. The topological polar surface area (TPSA) is 160 Å². The standard InChI is InChI=1S/C33H49N5O7Si/c1-33(2,3)46(6,7)45-24-10-13-38(18-24)23-19-43-27-16-21(31(39)41-4)14-25(34)29(27)36-11-8-9-12-37-30-26(35)15-22(32(40)42-5)17-28(30)44-20-23/h8-9,14-17,23-24,36-37H,10-13,18-20,34-35H2,1-7H3/b9-8+/t24-/m0/s1. The predicted molar refractivity (Wildman–Crippen MR) is 184 cm³/mol. The summed E-state index contributed by atoms with van der Waals surface area (Å²) in [6.07, 6.45) is 4.82. The number of fused-ring (bicyclic) bond motifs is 2. The number of methoxy groups -OCH3 is 2. The summed E-state index contributed by atoms with van der Waals surface area (Å²) in [5, 5.41) is 6.73. The van der Waals surface area contributed by atoms with E-state index < -0.39 is 20.3 Å². The second kappa shape index (κ2) is 14.7. The van der Waals surface area contributed by atoms with Gasteiger partial charge in [0.1, 0.15) is 36.1 Å². The Kier molecular flexibility index (Phi) is 11.1. The molecule has 2 aliphatic heterocycles. The molecule has 2 heterocycles. The number of nitrogens with one attached hydrogen (secondary N) is 2. The second-order valence-corrected chi connectivity index (χ2v) is 17.9. The molecule has 4 rings (SSSR count). The molecule has 0 radical (unpaired) electrons. The SMILES string of the molecule is COC(=O)c1cc(N)c2c(c1)OCC(N1CC[C@H](O[Si](C)(C)C(C)(C)C)C1)COc1cc(C(=O)OC)cc(N)c1NC/C=C/CN2. The van der Waals surface area contributed by atoms with E-state index in [1.165, 1.54) is 14.2 Å². The molecule has 1 saturated heterocycles. The molecule has 13 heteroatoms. The van der Waals surface area contributed by atoms with Gasteiger partial charge < -0.3 is 45.5 Å². The Hall–Kier alpha value is -3.94. The molecule has 0 aromatic heterocycles. The molecule has 0 saturated carbocycles. The quantitative estimate of drug-likeness (QED) is 0.152. The number of carbonyl (C=O) groups is 2. The van der Waals surface area contributed by atoms with Crippen LogP contribution in [0.3, 0.4) is 0 Å². The van der Waals surface area contributed by atoms with E-state index in [0.29, 0.717) is 53.9 Å². The lowest BCUT2D eigenvalue weighted by atomic mass is 10.1. The van der Waals surface area contributed by atoms with Gasteiger partial charge in [0.25, 0.3) is 0 Å². The van der Waals surface area contributed by atoms with E-state index in [1.54, 1.807) is 24.3 Å². The molecule has 6 N–H and O–H groups in total. The van der Waals surface area contributed by atoms with Crippen molar-refractivity contribution in [3.63, 3.8) is 0 Å². The number of hydrogen-bond donors (Lipinski definition) is 4. The lowest BCUT2D eigenvalue weighted by molar-refractivity contribution is 0.0591. The van der Waals surface area contributed by atoms with Crippen LogP contribution in [0, 0.1) is 0 Å². The molecule has 252 valence electrons. The van der Waals surface area contributed by atoms with E-state index in [0.717, 1.165) is 13.0 Å². The molecule has 0 bridgehead atoms. The van der Waals surface area contributed by atoms with E-state index in [4.69, 9.17) is 34.8 Å². The van der Waals surface area contributed by atoms with Crippen LogP contribution in [0.2, 0.25) is 18.1 Å². The number of nitrogens with zero attached hydrogens (tertiary/aromatic N) is 1. The van der Waals surface area contributed by atoms with Crippen LogP contribution in [0.15, 0.2) is 36.4 Å². The lowest BCUT2D eigenvalue weighted by Crippen LogP contribution is -2.46. The van der Waals surface area contributed by atoms with Crippen LogP contribution in [-0.4, -0.2) is 90.9 Å². The van der Waals surface area contributed by atoms with Crippen molar-refractivity contribution in [3.8, 4) is 11.5 Å². The van der Waals surface area contributed by atoms with E-state index in [9.17, 15) is 9.59 Å². The van der Waals surface area contributed by atoms with Crippen molar-refractivity contribution in [2.75, 3.05) is 75.7 Å². The molecule has 2 aliphatic rings. The Labute approximate surface area is 272 Å². The fourth-order valence-corrected chi connectivity index (χ4v) is 6.63. The number of ether oxygens (including phenoxy) is 4. The number of rotatable bonds is 5. The van der Waals surface area contributed by atoms with Crippen molar-refractivity contribution in [2.24, 2.45) is 0 Å². The van der Waals surface area contributed by atoms with Gasteiger partial charge in [-0.15, -0.1) is 0 Å². The van der Waals surface area contributed by atoms with Gasteiger partial charge in [0.2, 0.25) is 0 Å². The number of likely N-dealkylation sites (tertiary alicyclic amines) is 1. The molecular formula is C33H49N5O7Si. The average Bonchev–Trinajstić information content (AvgIpc) is 3.45. The number of hydrogen-bond acceptors (Lipinski definition) is 12. The number of benzene rings is 2. The van der Waals surface area contributed by atoms with Gasteiger partial charge in [-0.1, -0.05) is 32.9 Å². The summed E-state index contributed by atoms with van der Waals surface area (Å²) in [6.45, 7) is 14.1. The molecule has 1 atom stereocenters. The number of anilines is 4. The van der Waals surface area contributed by atoms with Crippen LogP contribution in [0.1, 0.15) is 47.9 Å². The van der Waals surface area contributed by atoms with Crippen molar-refractivity contribution >= 4 is 43.0 Å². The summed E-state index contributed by atoms with van der Waals surface area (Å²) in [4.78, 5) is 27.2. The first-order valence-electron chi connectivity index (χ1n) is 15.6. The minimum absolute atomic E-state index is 0.0784. The van der Waals surface area contributed by atoms with Crippen LogP contribution < -0.4 is 31.6 Å². The molecule has 46 heavy (non-hydrogen) atoms. The maximum absolute atomic E-state index is 12.4.